The van der Waals surface area contributed by atoms with Gasteiger partial charge in [-0.3, -0.25) is 4.98 Å². The summed E-state index contributed by atoms with van der Waals surface area (Å²) in [6, 6.07) is 2.05. The van der Waals surface area contributed by atoms with E-state index in [9.17, 15) is 5.11 Å². The monoisotopic (exact) mass is 163 g/mol. The highest BCUT2D eigenvalue weighted by atomic mass is 16.3. The van der Waals surface area contributed by atoms with Crippen molar-refractivity contribution in [3.8, 4) is 0 Å². The van der Waals surface area contributed by atoms with Gasteiger partial charge in [0.1, 0.15) is 0 Å². The minimum atomic E-state index is -0.313. The molecule has 0 bridgehead atoms. The minimum absolute atomic E-state index is 0.313. The molecule has 0 saturated heterocycles. The summed E-state index contributed by atoms with van der Waals surface area (Å²) in [6.45, 7) is 2.14. The van der Waals surface area contributed by atoms with Crippen molar-refractivity contribution in [1.82, 2.24) is 4.98 Å². The Labute approximate surface area is 72.3 Å². The van der Waals surface area contributed by atoms with Crippen molar-refractivity contribution in [2.45, 2.75) is 32.3 Å². The molecule has 1 N–H and O–H groups in total. The number of aliphatic hydroxyl groups excluding tert-OH is 1. The molecule has 0 aromatic carbocycles. The molecule has 1 aliphatic carbocycles. The quantitative estimate of drug-likeness (QED) is 0.682. The Bertz CT molecular complexity index is 296. The largest absolute Gasteiger partial charge is 0.387 e. The predicted molar refractivity (Wildman–Crippen MR) is 46.9 cm³/mol. The maximum absolute atomic E-state index is 9.54. The van der Waals surface area contributed by atoms with Gasteiger partial charge in [-0.25, -0.2) is 0 Å². The molecule has 1 aliphatic rings. The molecule has 0 amide bonds. The fourth-order valence-corrected chi connectivity index (χ4v) is 1.88. The highest BCUT2D eigenvalue weighted by molar-refractivity contribution is 5.34. The van der Waals surface area contributed by atoms with Crippen molar-refractivity contribution in [3.63, 3.8) is 0 Å². The number of fused-ring (bicyclic) bond motifs is 1. The lowest BCUT2D eigenvalue weighted by molar-refractivity contribution is 0.176. The van der Waals surface area contributed by atoms with Crippen molar-refractivity contribution in [2.24, 2.45) is 0 Å². The molecular weight excluding hydrogens is 150 g/mol. The van der Waals surface area contributed by atoms with E-state index in [4.69, 9.17) is 0 Å². The van der Waals surface area contributed by atoms with Crippen LogP contribution in [-0.2, 0) is 12.8 Å². The molecule has 0 spiro atoms. The van der Waals surface area contributed by atoms with Gasteiger partial charge in [0.15, 0.2) is 0 Å². The number of aliphatic hydroxyl groups is 1. The number of hydrogen-bond donors (Lipinski definition) is 1. The number of nitrogens with zero attached hydrogens (tertiary/aromatic N) is 1. The van der Waals surface area contributed by atoms with Gasteiger partial charge in [0, 0.05) is 6.20 Å². The molecule has 1 aromatic heterocycles. The van der Waals surface area contributed by atoms with Crippen molar-refractivity contribution >= 4 is 0 Å². The molecule has 0 aliphatic heterocycles. The first-order valence-corrected chi connectivity index (χ1v) is 4.47. The van der Waals surface area contributed by atoms with E-state index in [1.807, 2.05) is 0 Å². The second-order valence-electron chi connectivity index (χ2n) is 3.24. The Balaban J connectivity index is 2.50. The summed E-state index contributed by atoms with van der Waals surface area (Å²) in [4.78, 5) is 4.20. The van der Waals surface area contributed by atoms with Crippen LogP contribution in [0.25, 0.3) is 0 Å². The van der Waals surface area contributed by atoms with Crippen molar-refractivity contribution < 1.29 is 5.11 Å². The molecule has 2 heteroatoms. The van der Waals surface area contributed by atoms with Crippen LogP contribution < -0.4 is 0 Å². The number of rotatable bonds is 1. The molecule has 2 nitrogen and oxygen atoms in total. The van der Waals surface area contributed by atoms with E-state index in [1.165, 1.54) is 11.1 Å². The van der Waals surface area contributed by atoms with E-state index < -0.39 is 0 Å². The van der Waals surface area contributed by atoms with Crippen molar-refractivity contribution in [3.05, 3.63) is 29.1 Å². The lowest BCUT2D eigenvalue weighted by Crippen LogP contribution is -1.96. The molecule has 12 heavy (non-hydrogen) atoms. The molecule has 2 rings (SSSR count). The number of aromatic nitrogens is 1. The minimum Gasteiger partial charge on any atom is -0.387 e. The lowest BCUT2D eigenvalue weighted by Gasteiger charge is -2.05. The van der Waals surface area contributed by atoms with Gasteiger partial charge in [0.05, 0.1) is 11.8 Å². The van der Waals surface area contributed by atoms with Gasteiger partial charge in [-0.05, 0) is 36.5 Å². The fraction of sp³-hybridized carbons (Fsp3) is 0.500. The average Bonchev–Trinajstić information content (AvgIpc) is 2.48. The Morgan fingerprint density at radius 3 is 3.25 bits per heavy atom. The summed E-state index contributed by atoms with van der Waals surface area (Å²) in [5, 5.41) is 9.54. The number of hydrogen-bond acceptors (Lipinski definition) is 2. The average molecular weight is 163 g/mol. The van der Waals surface area contributed by atoms with E-state index >= 15 is 0 Å². The summed E-state index contributed by atoms with van der Waals surface area (Å²) in [5.74, 6) is 0. The summed E-state index contributed by atoms with van der Waals surface area (Å²) >= 11 is 0. The maximum Gasteiger partial charge on any atom is 0.0965 e. The third-order valence-electron chi connectivity index (χ3n) is 2.55. The zero-order valence-corrected chi connectivity index (χ0v) is 7.25. The summed E-state index contributed by atoms with van der Waals surface area (Å²) in [7, 11) is 0. The molecule has 0 radical (unpaired) electrons. The molecule has 0 fully saturated rings. The normalized spacial score (nSPS) is 21.0. The first-order chi connectivity index (χ1) is 5.83. The number of aryl methyl sites for hydroxylation is 1. The standard InChI is InChI=1S/C10H13NO/c1-2-7-5-6-11-10-8(7)3-4-9(10)12/h5-6,9,12H,2-4H2,1H3. The first kappa shape index (κ1) is 7.74. The molecule has 1 atom stereocenters. The second kappa shape index (κ2) is 2.87. The fourth-order valence-electron chi connectivity index (χ4n) is 1.88. The van der Waals surface area contributed by atoms with E-state index in [-0.39, 0.29) is 6.10 Å². The predicted octanol–water partition coefficient (Wildman–Crippen LogP) is 1.62. The van der Waals surface area contributed by atoms with E-state index in [0.29, 0.717) is 0 Å². The molecule has 1 heterocycles. The van der Waals surface area contributed by atoms with Crippen LogP contribution in [0.1, 0.15) is 36.3 Å². The lowest BCUT2D eigenvalue weighted by atomic mass is 10.1. The van der Waals surface area contributed by atoms with Gasteiger partial charge >= 0.3 is 0 Å². The van der Waals surface area contributed by atoms with Crippen LogP contribution >= 0.6 is 0 Å². The smallest absolute Gasteiger partial charge is 0.0965 e. The van der Waals surface area contributed by atoms with Crippen LogP contribution in [0.2, 0.25) is 0 Å². The van der Waals surface area contributed by atoms with Crippen LogP contribution in [0, 0.1) is 0 Å². The summed E-state index contributed by atoms with van der Waals surface area (Å²) in [6.07, 6.45) is 4.36. The van der Waals surface area contributed by atoms with Gasteiger partial charge in [0.25, 0.3) is 0 Å². The van der Waals surface area contributed by atoms with Crippen LogP contribution in [0.3, 0.4) is 0 Å². The van der Waals surface area contributed by atoms with Crippen LogP contribution in [0.15, 0.2) is 12.3 Å². The van der Waals surface area contributed by atoms with Crippen LogP contribution in [0.4, 0.5) is 0 Å². The topological polar surface area (TPSA) is 33.1 Å². The zero-order valence-electron chi connectivity index (χ0n) is 7.25. The van der Waals surface area contributed by atoms with E-state index in [0.717, 1.165) is 25.0 Å². The first-order valence-electron chi connectivity index (χ1n) is 4.47. The Kier molecular flexibility index (Phi) is 1.85. The van der Waals surface area contributed by atoms with Gasteiger partial charge in [0.2, 0.25) is 0 Å². The van der Waals surface area contributed by atoms with Crippen molar-refractivity contribution in [1.29, 1.82) is 0 Å². The van der Waals surface area contributed by atoms with Crippen molar-refractivity contribution in [2.75, 3.05) is 0 Å². The second-order valence-corrected chi connectivity index (χ2v) is 3.24. The summed E-state index contributed by atoms with van der Waals surface area (Å²) in [5.41, 5.74) is 3.54. The van der Waals surface area contributed by atoms with Gasteiger partial charge in [-0.2, -0.15) is 0 Å². The number of pyridine rings is 1. The third-order valence-corrected chi connectivity index (χ3v) is 2.55. The van der Waals surface area contributed by atoms with Crippen LogP contribution in [0.5, 0.6) is 0 Å². The molecule has 0 saturated carbocycles. The highest BCUT2D eigenvalue weighted by Crippen LogP contribution is 2.31. The van der Waals surface area contributed by atoms with Gasteiger partial charge in [-0.15, -0.1) is 0 Å². The Hall–Kier alpha value is -0.890. The summed E-state index contributed by atoms with van der Waals surface area (Å²) < 4.78 is 0. The third kappa shape index (κ3) is 1.03. The van der Waals surface area contributed by atoms with Gasteiger partial charge in [-0.1, -0.05) is 6.92 Å². The molecule has 64 valence electrons. The molecule has 1 aromatic rings. The molecular formula is C10H13NO. The Morgan fingerprint density at radius 1 is 1.67 bits per heavy atom. The molecule has 1 unspecified atom stereocenters. The van der Waals surface area contributed by atoms with E-state index in [2.05, 4.69) is 18.0 Å². The zero-order chi connectivity index (χ0) is 8.55. The van der Waals surface area contributed by atoms with Crippen LogP contribution in [-0.4, -0.2) is 10.1 Å². The van der Waals surface area contributed by atoms with Gasteiger partial charge < -0.3 is 5.11 Å². The maximum atomic E-state index is 9.54. The Morgan fingerprint density at radius 2 is 2.50 bits per heavy atom. The highest BCUT2D eigenvalue weighted by Gasteiger charge is 2.22. The van der Waals surface area contributed by atoms with E-state index in [1.54, 1.807) is 6.20 Å². The SMILES string of the molecule is CCc1ccnc2c1CCC2O.